The van der Waals surface area contributed by atoms with Crippen molar-refractivity contribution in [2.24, 2.45) is 17.8 Å². The maximum atomic E-state index is 6.64. The van der Waals surface area contributed by atoms with Crippen LogP contribution < -0.4 is 9.47 Å². The van der Waals surface area contributed by atoms with Crippen LogP contribution in [-0.2, 0) is 6.42 Å². The third-order valence-electron chi connectivity index (χ3n) is 8.41. The molecule has 1 aliphatic heterocycles. The number of hydrogen-bond donors (Lipinski definition) is 0. The van der Waals surface area contributed by atoms with Gasteiger partial charge in [-0.3, -0.25) is 0 Å². The van der Waals surface area contributed by atoms with Crippen molar-refractivity contribution in [3.05, 3.63) is 22.3 Å². The molecule has 2 rings (SSSR count). The average Bonchev–Trinajstić information content (AvgIpc) is 2.84. The van der Waals surface area contributed by atoms with Gasteiger partial charge in [-0.05, 0) is 81.4 Å². The smallest absolute Gasteiger partial charge is 0.166 e. The second kappa shape index (κ2) is 15.7. The Kier molecular flexibility index (Phi) is 13.4. The molecule has 0 saturated carbocycles. The van der Waals surface area contributed by atoms with Crippen LogP contribution in [0, 0.1) is 50.4 Å². The van der Waals surface area contributed by atoms with Gasteiger partial charge in [-0.25, -0.2) is 0 Å². The van der Waals surface area contributed by atoms with E-state index in [1.807, 2.05) is 0 Å². The van der Waals surface area contributed by atoms with Crippen molar-refractivity contribution in [1.29, 1.82) is 0 Å². The quantitative estimate of drug-likeness (QED) is 0.172. The van der Waals surface area contributed by atoms with E-state index in [0.29, 0.717) is 5.92 Å². The lowest BCUT2D eigenvalue weighted by molar-refractivity contribution is 0.122. The first-order chi connectivity index (χ1) is 17.6. The molecule has 37 heavy (non-hydrogen) atoms. The van der Waals surface area contributed by atoms with Crippen LogP contribution in [-0.4, -0.2) is 12.2 Å². The van der Waals surface area contributed by atoms with Gasteiger partial charge in [0.05, 0.1) is 6.61 Å². The second-order valence-electron chi connectivity index (χ2n) is 12.7. The standard InChI is InChI=1S/C35H58O2/c1-10-11-12-13-25-36-33-29(6)30(7)34-32(31(33)8)22-24-35(9,37-34)23-16-21-28(5)20-15-19-27(4)18-14-17-26(2)3/h26-28H,10-15,17-22,24-25H2,1-9H3/t27-,28-,35+/m0/s1. The fraction of sp³-hybridized carbons (Fsp3) is 0.771. The van der Waals surface area contributed by atoms with Gasteiger partial charge in [0.15, 0.2) is 5.60 Å². The van der Waals surface area contributed by atoms with Crippen molar-refractivity contribution in [1.82, 2.24) is 0 Å². The SMILES string of the molecule is CCCCCCOc1c(C)c(C)c2c(c1C)CC[C@@](C)(C#CC[C@@H](C)CCC[C@@H](C)CCCC(C)C)O2. The van der Waals surface area contributed by atoms with Crippen molar-refractivity contribution < 1.29 is 9.47 Å². The van der Waals surface area contributed by atoms with E-state index in [4.69, 9.17) is 9.47 Å². The summed E-state index contributed by atoms with van der Waals surface area (Å²) in [5.41, 5.74) is 4.62. The predicted molar refractivity (Wildman–Crippen MR) is 161 cm³/mol. The molecule has 0 amide bonds. The van der Waals surface area contributed by atoms with Gasteiger partial charge in [-0.1, -0.05) is 97.8 Å². The van der Waals surface area contributed by atoms with Crippen molar-refractivity contribution in [3.63, 3.8) is 0 Å². The summed E-state index contributed by atoms with van der Waals surface area (Å²) < 4.78 is 12.9. The highest BCUT2D eigenvalue weighted by Gasteiger charge is 2.33. The van der Waals surface area contributed by atoms with E-state index in [1.165, 1.54) is 80.0 Å². The molecule has 0 saturated heterocycles. The van der Waals surface area contributed by atoms with Gasteiger partial charge in [-0.15, -0.1) is 0 Å². The number of hydrogen-bond acceptors (Lipinski definition) is 2. The minimum Gasteiger partial charge on any atom is -0.493 e. The minimum absolute atomic E-state index is 0.399. The molecule has 0 radical (unpaired) electrons. The van der Waals surface area contributed by atoms with Crippen LogP contribution >= 0.6 is 0 Å². The maximum Gasteiger partial charge on any atom is 0.166 e. The second-order valence-corrected chi connectivity index (χ2v) is 12.7. The molecular formula is C35H58O2. The number of fused-ring (bicyclic) bond motifs is 1. The maximum absolute atomic E-state index is 6.64. The fourth-order valence-electron chi connectivity index (χ4n) is 5.59. The summed E-state index contributed by atoms with van der Waals surface area (Å²) in [6, 6.07) is 0. The highest BCUT2D eigenvalue weighted by molar-refractivity contribution is 5.59. The van der Waals surface area contributed by atoms with Crippen LogP contribution in [0.25, 0.3) is 0 Å². The summed E-state index contributed by atoms with van der Waals surface area (Å²) in [7, 11) is 0. The molecule has 1 aromatic rings. The first kappa shape index (κ1) is 31.6. The summed E-state index contributed by atoms with van der Waals surface area (Å²) in [4.78, 5) is 0. The zero-order chi connectivity index (χ0) is 27.4. The molecule has 0 aliphatic carbocycles. The van der Waals surface area contributed by atoms with E-state index in [9.17, 15) is 0 Å². The van der Waals surface area contributed by atoms with E-state index in [0.717, 1.165) is 55.6 Å². The summed E-state index contributed by atoms with van der Waals surface area (Å²) >= 11 is 0. The van der Waals surface area contributed by atoms with Crippen LogP contribution in [0.3, 0.4) is 0 Å². The Hall–Kier alpha value is -1.62. The highest BCUT2D eigenvalue weighted by atomic mass is 16.5. The Morgan fingerprint density at radius 1 is 0.838 bits per heavy atom. The molecule has 0 aromatic heterocycles. The first-order valence-corrected chi connectivity index (χ1v) is 15.5. The number of unbranched alkanes of at least 4 members (excludes halogenated alkanes) is 3. The molecule has 0 spiro atoms. The number of benzene rings is 1. The average molecular weight is 511 g/mol. The van der Waals surface area contributed by atoms with Crippen molar-refractivity contribution in [2.75, 3.05) is 6.61 Å². The molecule has 0 fully saturated rings. The molecule has 0 bridgehead atoms. The molecule has 1 aliphatic rings. The molecule has 210 valence electrons. The Morgan fingerprint density at radius 3 is 2.19 bits per heavy atom. The molecule has 0 unspecified atom stereocenters. The number of ether oxygens (including phenoxy) is 2. The van der Waals surface area contributed by atoms with Crippen molar-refractivity contribution in [3.8, 4) is 23.3 Å². The van der Waals surface area contributed by atoms with Crippen LogP contribution in [0.1, 0.15) is 141 Å². The van der Waals surface area contributed by atoms with Crippen molar-refractivity contribution in [2.45, 2.75) is 151 Å². The Labute approximate surface area is 230 Å². The normalized spacial score (nSPS) is 18.5. The molecule has 2 nitrogen and oxygen atoms in total. The van der Waals surface area contributed by atoms with Gasteiger partial charge in [0, 0.05) is 18.4 Å². The Balaban J connectivity index is 1.89. The zero-order valence-corrected chi connectivity index (χ0v) is 25.9. The van der Waals surface area contributed by atoms with Gasteiger partial charge in [0.2, 0.25) is 0 Å². The molecule has 3 atom stereocenters. The molecule has 1 heterocycles. The third kappa shape index (κ3) is 10.2. The van der Waals surface area contributed by atoms with E-state index in [1.54, 1.807) is 0 Å². The molecule has 1 aromatic carbocycles. The van der Waals surface area contributed by atoms with Gasteiger partial charge in [0.25, 0.3) is 0 Å². The van der Waals surface area contributed by atoms with E-state index in [-0.39, 0.29) is 0 Å². The Bertz CT molecular complexity index is 887. The third-order valence-corrected chi connectivity index (χ3v) is 8.41. The summed E-state index contributed by atoms with van der Waals surface area (Å²) in [5, 5.41) is 0. The molecule has 0 N–H and O–H groups in total. The predicted octanol–water partition coefficient (Wildman–Crippen LogP) is 10.3. The van der Waals surface area contributed by atoms with Crippen LogP contribution in [0.2, 0.25) is 0 Å². The summed E-state index contributed by atoms with van der Waals surface area (Å²) in [5.74, 6) is 11.5. The van der Waals surface area contributed by atoms with Crippen LogP contribution in [0.4, 0.5) is 0 Å². The van der Waals surface area contributed by atoms with Crippen LogP contribution in [0.5, 0.6) is 11.5 Å². The van der Waals surface area contributed by atoms with Gasteiger partial charge >= 0.3 is 0 Å². The molecule has 2 heteroatoms. The minimum atomic E-state index is -0.399. The topological polar surface area (TPSA) is 18.5 Å². The lowest BCUT2D eigenvalue weighted by atomic mass is 9.87. The summed E-state index contributed by atoms with van der Waals surface area (Å²) in [6.07, 6.45) is 15.9. The number of rotatable bonds is 15. The van der Waals surface area contributed by atoms with Crippen molar-refractivity contribution >= 4 is 0 Å². The Morgan fingerprint density at radius 2 is 1.51 bits per heavy atom. The van der Waals surface area contributed by atoms with E-state index < -0.39 is 5.60 Å². The monoisotopic (exact) mass is 510 g/mol. The highest BCUT2D eigenvalue weighted by Crippen LogP contribution is 2.43. The lowest BCUT2D eigenvalue weighted by Crippen LogP contribution is -2.35. The van der Waals surface area contributed by atoms with Gasteiger partial charge in [0.1, 0.15) is 11.5 Å². The van der Waals surface area contributed by atoms with Crippen LogP contribution in [0.15, 0.2) is 0 Å². The fourth-order valence-corrected chi connectivity index (χ4v) is 5.59. The zero-order valence-electron chi connectivity index (χ0n) is 25.9. The largest absolute Gasteiger partial charge is 0.493 e. The molecular weight excluding hydrogens is 452 g/mol. The van der Waals surface area contributed by atoms with Gasteiger partial charge < -0.3 is 9.47 Å². The summed E-state index contributed by atoms with van der Waals surface area (Å²) in [6.45, 7) is 21.2. The first-order valence-electron chi connectivity index (χ1n) is 15.5. The lowest BCUT2D eigenvalue weighted by Gasteiger charge is -2.35. The van der Waals surface area contributed by atoms with Gasteiger partial charge in [-0.2, -0.15) is 0 Å². The van der Waals surface area contributed by atoms with E-state index in [2.05, 4.69) is 74.2 Å². The van der Waals surface area contributed by atoms with E-state index >= 15 is 0 Å².